The van der Waals surface area contributed by atoms with Crippen LogP contribution in [0.1, 0.15) is 32.1 Å². The lowest BCUT2D eigenvalue weighted by atomic mass is 10.1. The molecular weight excluding hydrogens is 188 g/mol. The third-order valence-electron chi connectivity index (χ3n) is 2.97. The number of amides is 1. The SMILES string of the molecule is C=CCCCN(C)C(=O)CC(N)C1CC1. The number of rotatable bonds is 7. The Kier molecular flexibility index (Phi) is 4.82. The van der Waals surface area contributed by atoms with Crippen LogP contribution in [0.2, 0.25) is 0 Å². The predicted octanol–water partition coefficient (Wildman–Crippen LogP) is 1.54. The van der Waals surface area contributed by atoms with Crippen molar-refractivity contribution in [1.29, 1.82) is 0 Å². The Morgan fingerprint density at radius 1 is 1.67 bits per heavy atom. The molecule has 1 fully saturated rings. The molecule has 0 aliphatic heterocycles. The second-order valence-corrected chi connectivity index (χ2v) is 4.45. The lowest BCUT2D eigenvalue weighted by Crippen LogP contribution is -2.34. The summed E-state index contributed by atoms with van der Waals surface area (Å²) in [6.45, 7) is 4.47. The molecule has 1 unspecified atom stereocenters. The second-order valence-electron chi connectivity index (χ2n) is 4.45. The maximum absolute atomic E-state index is 11.7. The van der Waals surface area contributed by atoms with Gasteiger partial charge in [0.2, 0.25) is 5.91 Å². The molecule has 2 N–H and O–H groups in total. The zero-order valence-corrected chi connectivity index (χ0v) is 9.61. The van der Waals surface area contributed by atoms with Gasteiger partial charge in [0.05, 0.1) is 0 Å². The summed E-state index contributed by atoms with van der Waals surface area (Å²) >= 11 is 0. The van der Waals surface area contributed by atoms with E-state index in [4.69, 9.17) is 5.73 Å². The van der Waals surface area contributed by atoms with Crippen molar-refractivity contribution in [3.8, 4) is 0 Å². The van der Waals surface area contributed by atoms with Gasteiger partial charge in [-0.05, 0) is 31.6 Å². The molecule has 1 aliphatic rings. The van der Waals surface area contributed by atoms with Gasteiger partial charge in [-0.2, -0.15) is 0 Å². The number of nitrogens with zero attached hydrogens (tertiary/aromatic N) is 1. The summed E-state index contributed by atoms with van der Waals surface area (Å²) in [5.74, 6) is 0.786. The van der Waals surface area contributed by atoms with Crippen LogP contribution in [0.4, 0.5) is 0 Å². The number of hydrogen-bond acceptors (Lipinski definition) is 2. The number of carbonyl (C=O) groups excluding carboxylic acids is 1. The van der Waals surface area contributed by atoms with E-state index >= 15 is 0 Å². The number of carbonyl (C=O) groups is 1. The molecule has 0 aromatic heterocycles. The van der Waals surface area contributed by atoms with Crippen molar-refractivity contribution in [2.75, 3.05) is 13.6 Å². The Morgan fingerprint density at radius 3 is 2.87 bits per heavy atom. The summed E-state index contributed by atoms with van der Waals surface area (Å²) in [5, 5.41) is 0. The van der Waals surface area contributed by atoms with Crippen LogP contribution in [0.25, 0.3) is 0 Å². The zero-order valence-electron chi connectivity index (χ0n) is 9.61. The average molecular weight is 210 g/mol. The molecule has 0 saturated heterocycles. The van der Waals surface area contributed by atoms with Crippen LogP contribution in [-0.4, -0.2) is 30.4 Å². The van der Waals surface area contributed by atoms with Crippen molar-refractivity contribution in [3.63, 3.8) is 0 Å². The molecule has 86 valence electrons. The van der Waals surface area contributed by atoms with Gasteiger partial charge in [0, 0.05) is 26.1 Å². The summed E-state index contributed by atoms with van der Waals surface area (Å²) in [7, 11) is 1.85. The van der Waals surface area contributed by atoms with Crippen LogP contribution in [0.5, 0.6) is 0 Å². The smallest absolute Gasteiger partial charge is 0.223 e. The highest BCUT2D eigenvalue weighted by Gasteiger charge is 2.30. The van der Waals surface area contributed by atoms with Crippen LogP contribution >= 0.6 is 0 Å². The molecule has 15 heavy (non-hydrogen) atoms. The first-order valence-electron chi connectivity index (χ1n) is 5.75. The molecule has 0 radical (unpaired) electrons. The zero-order chi connectivity index (χ0) is 11.3. The van der Waals surface area contributed by atoms with E-state index in [1.54, 1.807) is 4.90 Å². The minimum Gasteiger partial charge on any atom is -0.346 e. The molecule has 3 heteroatoms. The van der Waals surface area contributed by atoms with Crippen LogP contribution in [0, 0.1) is 5.92 Å². The predicted molar refractivity (Wildman–Crippen MR) is 62.4 cm³/mol. The molecule has 1 amide bonds. The monoisotopic (exact) mass is 210 g/mol. The normalized spacial score (nSPS) is 17.2. The fraction of sp³-hybridized carbons (Fsp3) is 0.750. The standard InChI is InChI=1S/C12H22N2O/c1-3-4-5-8-14(2)12(15)9-11(13)10-6-7-10/h3,10-11H,1,4-9,13H2,2H3. The molecule has 0 bridgehead atoms. The van der Waals surface area contributed by atoms with E-state index in [0.29, 0.717) is 12.3 Å². The van der Waals surface area contributed by atoms with Gasteiger partial charge in [-0.3, -0.25) is 4.79 Å². The summed E-state index contributed by atoms with van der Waals surface area (Å²) in [5.41, 5.74) is 5.91. The quantitative estimate of drug-likeness (QED) is 0.512. The van der Waals surface area contributed by atoms with Crippen molar-refractivity contribution in [3.05, 3.63) is 12.7 Å². The molecule has 0 heterocycles. The van der Waals surface area contributed by atoms with Gasteiger partial charge in [-0.25, -0.2) is 0 Å². The van der Waals surface area contributed by atoms with E-state index in [-0.39, 0.29) is 11.9 Å². The number of hydrogen-bond donors (Lipinski definition) is 1. The molecule has 0 spiro atoms. The first kappa shape index (κ1) is 12.2. The molecule has 0 aromatic carbocycles. The summed E-state index contributed by atoms with van der Waals surface area (Å²) < 4.78 is 0. The third kappa shape index (κ3) is 4.47. The first-order valence-corrected chi connectivity index (χ1v) is 5.75. The van der Waals surface area contributed by atoms with Crippen molar-refractivity contribution in [1.82, 2.24) is 4.90 Å². The van der Waals surface area contributed by atoms with Crippen LogP contribution < -0.4 is 5.73 Å². The number of allylic oxidation sites excluding steroid dienone is 1. The highest BCUT2D eigenvalue weighted by Crippen LogP contribution is 2.32. The summed E-state index contributed by atoms with van der Waals surface area (Å²) in [6, 6.07) is 0.0827. The number of nitrogens with two attached hydrogens (primary N) is 1. The Morgan fingerprint density at radius 2 is 2.33 bits per heavy atom. The summed E-state index contributed by atoms with van der Waals surface area (Å²) in [4.78, 5) is 13.5. The fourth-order valence-corrected chi connectivity index (χ4v) is 1.65. The Bertz CT molecular complexity index is 224. The molecule has 0 aromatic rings. The van der Waals surface area contributed by atoms with Gasteiger partial charge in [0.1, 0.15) is 0 Å². The minimum absolute atomic E-state index is 0.0827. The van der Waals surface area contributed by atoms with Gasteiger partial charge in [-0.1, -0.05) is 6.08 Å². The van der Waals surface area contributed by atoms with Crippen molar-refractivity contribution >= 4 is 5.91 Å². The minimum atomic E-state index is 0.0827. The fourth-order valence-electron chi connectivity index (χ4n) is 1.65. The Labute approximate surface area is 92.3 Å². The second kappa shape index (κ2) is 5.91. The Balaban J connectivity index is 2.16. The van der Waals surface area contributed by atoms with Gasteiger partial charge >= 0.3 is 0 Å². The topological polar surface area (TPSA) is 46.3 Å². The molecule has 1 aliphatic carbocycles. The van der Waals surface area contributed by atoms with Gasteiger partial charge in [-0.15, -0.1) is 6.58 Å². The van der Waals surface area contributed by atoms with Crippen LogP contribution in [0.3, 0.4) is 0 Å². The van der Waals surface area contributed by atoms with Crippen molar-refractivity contribution in [2.24, 2.45) is 11.7 Å². The van der Waals surface area contributed by atoms with Gasteiger partial charge < -0.3 is 10.6 Å². The van der Waals surface area contributed by atoms with Crippen molar-refractivity contribution < 1.29 is 4.79 Å². The highest BCUT2D eigenvalue weighted by atomic mass is 16.2. The molecular formula is C12H22N2O. The van der Waals surface area contributed by atoms with E-state index in [9.17, 15) is 4.79 Å². The van der Waals surface area contributed by atoms with E-state index < -0.39 is 0 Å². The lowest BCUT2D eigenvalue weighted by Gasteiger charge is -2.19. The summed E-state index contributed by atoms with van der Waals surface area (Å²) in [6.07, 6.45) is 6.75. The lowest BCUT2D eigenvalue weighted by molar-refractivity contribution is -0.130. The van der Waals surface area contributed by atoms with E-state index in [1.165, 1.54) is 12.8 Å². The molecule has 1 rings (SSSR count). The van der Waals surface area contributed by atoms with Crippen LogP contribution in [0.15, 0.2) is 12.7 Å². The Hall–Kier alpha value is -0.830. The molecule has 1 saturated carbocycles. The van der Waals surface area contributed by atoms with E-state index in [2.05, 4.69) is 6.58 Å². The first-order chi connectivity index (χ1) is 7.15. The highest BCUT2D eigenvalue weighted by molar-refractivity contribution is 5.76. The number of unbranched alkanes of at least 4 members (excludes halogenated alkanes) is 1. The van der Waals surface area contributed by atoms with Gasteiger partial charge in [0.25, 0.3) is 0 Å². The van der Waals surface area contributed by atoms with Gasteiger partial charge in [0.15, 0.2) is 0 Å². The maximum Gasteiger partial charge on any atom is 0.223 e. The third-order valence-corrected chi connectivity index (χ3v) is 2.97. The maximum atomic E-state index is 11.7. The largest absolute Gasteiger partial charge is 0.346 e. The van der Waals surface area contributed by atoms with Crippen LogP contribution in [-0.2, 0) is 4.79 Å². The van der Waals surface area contributed by atoms with E-state index in [1.807, 2.05) is 13.1 Å². The molecule has 3 nitrogen and oxygen atoms in total. The average Bonchev–Trinajstić information content (AvgIpc) is 3.00. The van der Waals surface area contributed by atoms with Crippen molar-refractivity contribution in [2.45, 2.75) is 38.1 Å². The van der Waals surface area contributed by atoms with E-state index in [0.717, 1.165) is 19.4 Å². The molecule has 1 atom stereocenters.